The Kier molecular flexibility index (Phi) is 3.87. The minimum atomic E-state index is 0.722. The Balaban J connectivity index is 1.59. The Labute approximate surface area is 123 Å². The maximum Gasteiger partial charge on any atom is 0.0209 e. The molecular formula is C19H27N. The molecule has 0 amide bonds. The number of benzene rings is 1. The molecule has 0 radical (unpaired) electrons. The van der Waals surface area contributed by atoms with Crippen LogP contribution in [0.4, 0.5) is 0 Å². The molecule has 0 spiro atoms. The van der Waals surface area contributed by atoms with Crippen LogP contribution in [0.3, 0.4) is 0 Å². The van der Waals surface area contributed by atoms with Gasteiger partial charge in [0.2, 0.25) is 0 Å². The molecule has 0 aliphatic heterocycles. The van der Waals surface area contributed by atoms with E-state index in [1.54, 1.807) is 0 Å². The molecule has 0 aromatic heterocycles. The minimum Gasteiger partial charge on any atom is -0.375 e. The summed E-state index contributed by atoms with van der Waals surface area (Å²) in [6.45, 7) is 11.4. The lowest BCUT2D eigenvalue weighted by Crippen LogP contribution is -2.30. The zero-order chi connectivity index (χ0) is 14.1. The number of hydrogen-bond donors (Lipinski definition) is 0. The van der Waals surface area contributed by atoms with Gasteiger partial charge >= 0.3 is 0 Å². The Hall–Kier alpha value is -1.24. The molecule has 1 aromatic rings. The Morgan fingerprint density at radius 1 is 1.25 bits per heavy atom. The first kappa shape index (κ1) is 13.7. The molecule has 108 valence electrons. The Morgan fingerprint density at radius 2 is 1.95 bits per heavy atom. The zero-order valence-corrected chi connectivity index (χ0v) is 12.9. The molecule has 2 fully saturated rings. The molecule has 1 heteroatoms. The van der Waals surface area contributed by atoms with Crippen molar-refractivity contribution in [2.24, 2.45) is 17.8 Å². The summed E-state index contributed by atoms with van der Waals surface area (Å²) in [5.74, 6) is 3.15. The highest BCUT2D eigenvalue weighted by Gasteiger charge is 2.40. The molecule has 0 N–H and O–H groups in total. The summed E-state index contributed by atoms with van der Waals surface area (Å²) >= 11 is 0. The molecule has 0 heterocycles. The van der Waals surface area contributed by atoms with E-state index in [9.17, 15) is 0 Å². The summed E-state index contributed by atoms with van der Waals surface area (Å²) in [7, 11) is 0. The largest absolute Gasteiger partial charge is 0.375 e. The van der Waals surface area contributed by atoms with E-state index >= 15 is 0 Å². The van der Waals surface area contributed by atoms with Gasteiger partial charge in [0.15, 0.2) is 0 Å². The molecule has 2 saturated carbocycles. The van der Waals surface area contributed by atoms with E-state index in [2.05, 4.69) is 55.7 Å². The van der Waals surface area contributed by atoms with E-state index in [0.29, 0.717) is 0 Å². The maximum absolute atomic E-state index is 4.37. The molecule has 2 aliphatic rings. The fourth-order valence-corrected chi connectivity index (χ4v) is 3.27. The lowest BCUT2D eigenvalue weighted by atomic mass is 10.1. The predicted molar refractivity (Wildman–Crippen MR) is 85.6 cm³/mol. The number of allylic oxidation sites excluding steroid dienone is 1. The standard InChI is InChI=1S/C19H27N/c1-14(2)12-20(15(3)16-9-10-16)13-18-11-19(18)17-7-5-4-6-8-17/h4-8,14,16,18-19H,3,9-13H2,1-2H3. The first-order valence-electron chi connectivity index (χ1n) is 8.14. The van der Waals surface area contributed by atoms with Crippen molar-refractivity contribution >= 4 is 0 Å². The van der Waals surface area contributed by atoms with Gasteiger partial charge in [-0.05, 0) is 48.5 Å². The van der Waals surface area contributed by atoms with E-state index in [-0.39, 0.29) is 0 Å². The van der Waals surface area contributed by atoms with Gasteiger partial charge in [-0.15, -0.1) is 0 Å². The third-order valence-electron chi connectivity index (χ3n) is 4.65. The number of nitrogens with zero attached hydrogens (tertiary/aromatic N) is 1. The van der Waals surface area contributed by atoms with Crippen molar-refractivity contribution in [2.45, 2.75) is 39.0 Å². The topological polar surface area (TPSA) is 3.24 Å². The van der Waals surface area contributed by atoms with Crippen molar-refractivity contribution in [3.05, 3.63) is 48.2 Å². The molecule has 2 unspecified atom stereocenters. The second kappa shape index (κ2) is 5.63. The summed E-state index contributed by atoms with van der Waals surface area (Å²) in [4.78, 5) is 2.59. The molecule has 0 bridgehead atoms. The summed E-state index contributed by atoms with van der Waals surface area (Å²) in [6.07, 6.45) is 4.08. The van der Waals surface area contributed by atoms with Crippen molar-refractivity contribution in [3.63, 3.8) is 0 Å². The minimum absolute atomic E-state index is 0.722. The summed E-state index contributed by atoms with van der Waals surface area (Å²) in [5.41, 5.74) is 2.94. The number of hydrogen-bond acceptors (Lipinski definition) is 1. The van der Waals surface area contributed by atoms with Crippen LogP contribution in [-0.2, 0) is 0 Å². The van der Waals surface area contributed by atoms with Gasteiger partial charge in [0.25, 0.3) is 0 Å². The SMILES string of the molecule is C=C(C1CC1)N(CC(C)C)CC1CC1c1ccccc1. The average Bonchev–Trinajstić information content (AvgIpc) is 3.32. The zero-order valence-electron chi connectivity index (χ0n) is 12.9. The lowest BCUT2D eigenvalue weighted by molar-refractivity contribution is 0.280. The van der Waals surface area contributed by atoms with Gasteiger partial charge in [-0.25, -0.2) is 0 Å². The molecular weight excluding hydrogens is 242 g/mol. The maximum atomic E-state index is 4.37. The van der Waals surface area contributed by atoms with Crippen molar-refractivity contribution in [3.8, 4) is 0 Å². The predicted octanol–water partition coefficient (Wildman–Crippen LogP) is 4.67. The highest BCUT2D eigenvalue weighted by molar-refractivity contribution is 5.26. The van der Waals surface area contributed by atoms with Crippen molar-refractivity contribution < 1.29 is 0 Å². The highest BCUT2D eigenvalue weighted by Crippen LogP contribution is 2.49. The van der Waals surface area contributed by atoms with E-state index in [0.717, 1.165) is 23.7 Å². The van der Waals surface area contributed by atoms with Crippen LogP contribution in [0.5, 0.6) is 0 Å². The van der Waals surface area contributed by atoms with Gasteiger partial charge in [0.05, 0.1) is 0 Å². The van der Waals surface area contributed by atoms with Crippen LogP contribution >= 0.6 is 0 Å². The van der Waals surface area contributed by atoms with Crippen LogP contribution in [0.2, 0.25) is 0 Å². The van der Waals surface area contributed by atoms with Crippen LogP contribution in [0, 0.1) is 17.8 Å². The van der Waals surface area contributed by atoms with Crippen LogP contribution in [0.25, 0.3) is 0 Å². The third-order valence-corrected chi connectivity index (χ3v) is 4.65. The molecule has 1 aromatic carbocycles. The Morgan fingerprint density at radius 3 is 2.55 bits per heavy atom. The van der Waals surface area contributed by atoms with Crippen LogP contribution in [-0.4, -0.2) is 18.0 Å². The summed E-state index contributed by atoms with van der Waals surface area (Å²) in [5, 5.41) is 0. The van der Waals surface area contributed by atoms with Gasteiger partial charge in [0.1, 0.15) is 0 Å². The van der Waals surface area contributed by atoms with Crippen LogP contribution in [0.1, 0.15) is 44.6 Å². The Bertz CT molecular complexity index is 458. The van der Waals surface area contributed by atoms with Gasteiger partial charge in [-0.1, -0.05) is 50.8 Å². The summed E-state index contributed by atoms with van der Waals surface area (Å²) in [6, 6.07) is 11.0. The van der Waals surface area contributed by atoms with Gasteiger partial charge in [-0.3, -0.25) is 0 Å². The fourth-order valence-electron chi connectivity index (χ4n) is 3.27. The van der Waals surface area contributed by atoms with Crippen molar-refractivity contribution in [1.82, 2.24) is 4.90 Å². The molecule has 2 aliphatic carbocycles. The van der Waals surface area contributed by atoms with Crippen molar-refractivity contribution in [2.75, 3.05) is 13.1 Å². The second-order valence-electron chi connectivity index (χ2n) is 7.08. The highest BCUT2D eigenvalue weighted by atomic mass is 15.1. The summed E-state index contributed by atoms with van der Waals surface area (Å²) < 4.78 is 0. The van der Waals surface area contributed by atoms with E-state index in [1.165, 1.54) is 43.6 Å². The van der Waals surface area contributed by atoms with E-state index in [4.69, 9.17) is 0 Å². The monoisotopic (exact) mass is 269 g/mol. The average molecular weight is 269 g/mol. The first-order chi connectivity index (χ1) is 9.65. The normalized spacial score (nSPS) is 24.8. The third kappa shape index (κ3) is 3.26. The van der Waals surface area contributed by atoms with Gasteiger partial charge in [0, 0.05) is 18.8 Å². The van der Waals surface area contributed by atoms with E-state index < -0.39 is 0 Å². The second-order valence-corrected chi connectivity index (χ2v) is 7.08. The van der Waals surface area contributed by atoms with E-state index in [1.807, 2.05) is 0 Å². The lowest BCUT2D eigenvalue weighted by Gasteiger charge is -2.29. The molecule has 0 saturated heterocycles. The molecule has 2 atom stereocenters. The molecule has 1 nitrogen and oxygen atoms in total. The first-order valence-corrected chi connectivity index (χ1v) is 8.14. The quantitative estimate of drug-likeness (QED) is 0.695. The van der Waals surface area contributed by atoms with Crippen LogP contribution in [0.15, 0.2) is 42.6 Å². The van der Waals surface area contributed by atoms with Crippen molar-refractivity contribution in [1.29, 1.82) is 0 Å². The molecule has 3 rings (SSSR count). The fraction of sp³-hybridized carbons (Fsp3) is 0.579. The molecule has 20 heavy (non-hydrogen) atoms. The van der Waals surface area contributed by atoms with Gasteiger partial charge in [-0.2, -0.15) is 0 Å². The van der Waals surface area contributed by atoms with Crippen LogP contribution < -0.4 is 0 Å². The number of rotatable bonds is 7. The smallest absolute Gasteiger partial charge is 0.0209 e. The van der Waals surface area contributed by atoms with Gasteiger partial charge < -0.3 is 4.90 Å².